The lowest BCUT2D eigenvalue weighted by molar-refractivity contribution is -0.138. The summed E-state index contributed by atoms with van der Waals surface area (Å²) < 4.78 is 0. The van der Waals surface area contributed by atoms with Gasteiger partial charge >= 0.3 is 5.97 Å². The number of hydrogen-bond acceptors (Lipinski definition) is 4. The summed E-state index contributed by atoms with van der Waals surface area (Å²) in [5.74, 6) is -1.15. The van der Waals surface area contributed by atoms with Gasteiger partial charge in [0.05, 0.1) is 5.69 Å². The number of hydrogen-bond donors (Lipinski definition) is 1. The zero-order chi connectivity index (χ0) is 13.5. The summed E-state index contributed by atoms with van der Waals surface area (Å²) in [6.45, 7) is 6.50. The Kier molecular flexibility index (Phi) is 3.36. The zero-order valence-electron chi connectivity index (χ0n) is 11.4. The van der Waals surface area contributed by atoms with Crippen molar-refractivity contribution in [2.75, 3.05) is 11.9 Å². The van der Waals surface area contributed by atoms with E-state index in [0.717, 1.165) is 28.5 Å². The second kappa shape index (κ2) is 4.53. The Hall–Kier alpha value is -1.10. The highest BCUT2D eigenvalue weighted by molar-refractivity contribution is 7.15. The zero-order valence-corrected chi connectivity index (χ0v) is 12.2. The van der Waals surface area contributed by atoms with Gasteiger partial charge in [-0.05, 0) is 33.1 Å². The second-order valence-electron chi connectivity index (χ2n) is 5.46. The molecular weight excluding hydrogens is 248 g/mol. The van der Waals surface area contributed by atoms with Crippen LogP contribution in [-0.4, -0.2) is 28.6 Å². The van der Waals surface area contributed by atoms with Crippen LogP contribution < -0.4 is 4.90 Å². The molecule has 1 atom stereocenters. The second-order valence-corrected chi connectivity index (χ2v) is 6.52. The first-order valence-electron chi connectivity index (χ1n) is 6.33. The smallest absolute Gasteiger partial charge is 0.312 e. The van der Waals surface area contributed by atoms with Crippen LogP contribution in [0.5, 0.6) is 0 Å². The van der Waals surface area contributed by atoms with Crippen molar-refractivity contribution >= 4 is 22.4 Å². The van der Waals surface area contributed by atoms with Crippen LogP contribution in [0.4, 0.5) is 5.13 Å². The molecule has 5 heteroatoms. The molecule has 0 amide bonds. The Labute approximate surface area is 112 Å². The Balaban J connectivity index is 2.29. The first-order valence-corrected chi connectivity index (χ1v) is 7.14. The minimum atomic E-state index is -0.747. The molecule has 100 valence electrons. The summed E-state index contributed by atoms with van der Waals surface area (Å²) in [6.07, 6.45) is 2.57. The van der Waals surface area contributed by atoms with Gasteiger partial charge in [0.25, 0.3) is 0 Å². The molecule has 1 aliphatic carbocycles. The van der Waals surface area contributed by atoms with Crippen molar-refractivity contribution in [1.29, 1.82) is 0 Å². The maximum absolute atomic E-state index is 11.1. The van der Waals surface area contributed by atoms with E-state index in [2.05, 4.69) is 30.7 Å². The van der Waals surface area contributed by atoms with E-state index in [1.807, 2.05) is 7.05 Å². The summed E-state index contributed by atoms with van der Waals surface area (Å²) >= 11 is 1.64. The van der Waals surface area contributed by atoms with Crippen LogP contribution in [0.25, 0.3) is 0 Å². The van der Waals surface area contributed by atoms with Crippen LogP contribution in [0, 0.1) is 0 Å². The molecule has 0 aromatic carbocycles. The van der Waals surface area contributed by atoms with Gasteiger partial charge in [0.15, 0.2) is 5.13 Å². The van der Waals surface area contributed by atoms with Crippen molar-refractivity contribution in [2.45, 2.75) is 51.5 Å². The highest BCUT2D eigenvalue weighted by atomic mass is 32.1. The average Bonchev–Trinajstić information content (AvgIpc) is 2.86. The normalized spacial score (nSPS) is 18.8. The SMILES string of the molecule is CCC(C)(C)N(C)c1nc2c(s1)CCC2C(=O)O. The highest BCUT2D eigenvalue weighted by Gasteiger charge is 2.34. The van der Waals surface area contributed by atoms with Crippen molar-refractivity contribution in [2.24, 2.45) is 0 Å². The molecule has 0 aliphatic heterocycles. The largest absolute Gasteiger partial charge is 0.481 e. The minimum Gasteiger partial charge on any atom is -0.481 e. The van der Waals surface area contributed by atoms with E-state index in [1.165, 1.54) is 0 Å². The third-order valence-electron chi connectivity index (χ3n) is 4.06. The molecule has 1 N–H and O–H groups in total. The van der Waals surface area contributed by atoms with Crippen molar-refractivity contribution < 1.29 is 9.90 Å². The van der Waals surface area contributed by atoms with E-state index in [1.54, 1.807) is 11.3 Å². The van der Waals surface area contributed by atoms with Crippen molar-refractivity contribution in [1.82, 2.24) is 4.98 Å². The van der Waals surface area contributed by atoms with Crippen LogP contribution in [0.15, 0.2) is 0 Å². The quantitative estimate of drug-likeness (QED) is 0.912. The summed E-state index contributed by atoms with van der Waals surface area (Å²) in [5, 5.41) is 10.1. The summed E-state index contributed by atoms with van der Waals surface area (Å²) in [5.41, 5.74) is 0.839. The molecule has 1 aromatic rings. The molecule has 18 heavy (non-hydrogen) atoms. The standard InChI is InChI=1S/C13H20N2O2S/c1-5-13(2,3)15(4)12-14-10-8(11(16)17)6-7-9(10)18-12/h8H,5-7H2,1-4H3,(H,16,17). The maximum atomic E-state index is 11.1. The summed E-state index contributed by atoms with van der Waals surface area (Å²) in [7, 11) is 2.03. The molecule has 0 saturated heterocycles. The van der Waals surface area contributed by atoms with Crippen molar-refractivity contribution in [3.8, 4) is 0 Å². The van der Waals surface area contributed by atoms with Gasteiger partial charge in [-0.2, -0.15) is 0 Å². The molecule has 4 nitrogen and oxygen atoms in total. The fourth-order valence-electron chi connectivity index (χ4n) is 2.09. The van der Waals surface area contributed by atoms with Crippen LogP contribution in [0.3, 0.4) is 0 Å². The number of nitrogens with zero attached hydrogens (tertiary/aromatic N) is 2. The van der Waals surface area contributed by atoms with E-state index < -0.39 is 11.9 Å². The molecule has 1 aromatic heterocycles. The maximum Gasteiger partial charge on any atom is 0.312 e. The van der Waals surface area contributed by atoms with Gasteiger partial charge in [-0.3, -0.25) is 4.79 Å². The van der Waals surface area contributed by atoms with Crippen LogP contribution in [0.1, 0.15) is 50.1 Å². The number of rotatable bonds is 4. The van der Waals surface area contributed by atoms with Crippen LogP contribution in [0.2, 0.25) is 0 Å². The van der Waals surface area contributed by atoms with Gasteiger partial charge in [-0.25, -0.2) is 4.98 Å². The van der Waals surface area contributed by atoms with Gasteiger partial charge < -0.3 is 10.0 Å². The van der Waals surface area contributed by atoms with Crippen molar-refractivity contribution in [3.63, 3.8) is 0 Å². The fraction of sp³-hybridized carbons (Fsp3) is 0.692. The van der Waals surface area contributed by atoms with E-state index in [0.29, 0.717) is 6.42 Å². The first-order chi connectivity index (χ1) is 8.36. The van der Waals surface area contributed by atoms with Gasteiger partial charge in [0.2, 0.25) is 0 Å². The summed E-state index contributed by atoms with van der Waals surface area (Å²) in [4.78, 5) is 19.0. The number of thiazole rings is 1. The lowest BCUT2D eigenvalue weighted by Gasteiger charge is -2.34. The number of aryl methyl sites for hydroxylation is 1. The van der Waals surface area contributed by atoms with Gasteiger partial charge in [0.1, 0.15) is 5.92 Å². The molecule has 2 rings (SSSR count). The molecule has 0 saturated carbocycles. The molecule has 1 heterocycles. The molecule has 0 spiro atoms. The Morgan fingerprint density at radius 2 is 2.28 bits per heavy atom. The Morgan fingerprint density at radius 3 is 2.83 bits per heavy atom. The van der Waals surface area contributed by atoms with Crippen LogP contribution >= 0.6 is 11.3 Å². The lowest BCUT2D eigenvalue weighted by atomic mass is 10.0. The minimum absolute atomic E-state index is 0.0459. The molecule has 0 fully saturated rings. The van der Waals surface area contributed by atoms with Gasteiger partial charge in [0, 0.05) is 17.5 Å². The number of fused-ring (bicyclic) bond motifs is 1. The molecule has 1 unspecified atom stereocenters. The number of carbonyl (C=O) groups is 1. The fourth-order valence-corrected chi connectivity index (χ4v) is 3.35. The number of aliphatic carboxylic acids is 1. The number of carboxylic acids is 1. The monoisotopic (exact) mass is 268 g/mol. The molecule has 0 bridgehead atoms. The number of carboxylic acid groups (broad SMARTS) is 1. The highest BCUT2D eigenvalue weighted by Crippen LogP contribution is 2.40. The summed E-state index contributed by atoms with van der Waals surface area (Å²) in [6, 6.07) is 0. The predicted molar refractivity (Wildman–Crippen MR) is 73.6 cm³/mol. The molecule has 0 radical (unpaired) electrons. The number of anilines is 1. The average molecular weight is 268 g/mol. The van der Waals surface area contributed by atoms with E-state index >= 15 is 0 Å². The van der Waals surface area contributed by atoms with Crippen LogP contribution in [-0.2, 0) is 11.2 Å². The van der Waals surface area contributed by atoms with Crippen molar-refractivity contribution in [3.05, 3.63) is 10.6 Å². The van der Waals surface area contributed by atoms with E-state index in [-0.39, 0.29) is 5.54 Å². The Bertz CT molecular complexity index is 468. The third-order valence-corrected chi connectivity index (χ3v) is 5.27. The van der Waals surface area contributed by atoms with E-state index in [4.69, 9.17) is 5.11 Å². The topological polar surface area (TPSA) is 53.4 Å². The first kappa shape index (κ1) is 13.3. The number of aromatic nitrogens is 1. The van der Waals surface area contributed by atoms with Gasteiger partial charge in [-0.15, -0.1) is 11.3 Å². The molecular formula is C13H20N2O2S. The molecule has 1 aliphatic rings. The third kappa shape index (κ3) is 2.11. The predicted octanol–water partition coefficient (Wildman–Crippen LogP) is 2.88. The van der Waals surface area contributed by atoms with E-state index in [9.17, 15) is 4.79 Å². The lowest BCUT2D eigenvalue weighted by Crippen LogP contribution is -2.40. The van der Waals surface area contributed by atoms with Gasteiger partial charge in [-0.1, -0.05) is 6.92 Å². The Morgan fingerprint density at radius 1 is 1.61 bits per heavy atom.